The number of hydrogen-bond acceptors (Lipinski definition) is 1. The highest BCUT2D eigenvalue weighted by Gasteiger charge is 2.18. The Balaban J connectivity index is 2.65. The number of hydrogen-bond donors (Lipinski definition) is 0. The Labute approximate surface area is 90.7 Å². The van der Waals surface area contributed by atoms with Crippen molar-refractivity contribution in [3.05, 3.63) is 24.0 Å². The molecule has 0 unspecified atom stereocenters. The molecule has 0 aliphatic heterocycles. The Bertz CT molecular complexity index is 276. The second-order valence-corrected chi connectivity index (χ2v) is 4.01. The summed E-state index contributed by atoms with van der Waals surface area (Å²) in [5.41, 5.74) is 0.419. The van der Waals surface area contributed by atoms with Gasteiger partial charge < -0.3 is 4.74 Å². The SMILES string of the molecule is [2H]C([2H])(O/C(=C\C)C1CCCCC1)C(=C)C. The van der Waals surface area contributed by atoms with E-state index in [4.69, 9.17) is 7.48 Å². The van der Waals surface area contributed by atoms with Crippen LogP contribution in [0.2, 0.25) is 0 Å². The first kappa shape index (κ1) is 8.58. The molecular weight excluding hydrogens is 172 g/mol. The van der Waals surface area contributed by atoms with Gasteiger partial charge in [0.05, 0.1) is 8.50 Å². The summed E-state index contributed by atoms with van der Waals surface area (Å²) in [4.78, 5) is 0. The molecule has 0 bridgehead atoms. The van der Waals surface area contributed by atoms with Crippen LogP contribution in [0.15, 0.2) is 24.0 Å². The van der Waals surface area contributed by atoms with Gasteiger partial charge in [-0.05, 0) is 38.3 Å². The van der Waals surface area contributed by atoms with Gasteiger partial charge in [0.15, 0.2) is 0 Å². The highest BCUT2D eigenvalue weighted by molar-refractivity contribution is 5.00. The summed E-state index contributed by atoms with van der Waals surface area (Å²) in [6.07, 6.45) is 7.87. The molecule has 1 aliphatic carbocycles. The van der Waals surface area contributed by atoms with Crippen molar-refractivity contribution in [1.29, 1.82) is 0 Å². The maximum Gasteiger partial charge on any atom is 0.108 e. The summed E-state index contributed by atoms with van der Waals surface area (Å²) in [6.45, 7) is 5.47. The molecule has 14 heavy (non-hydrogen) atoms. The third-order valence-electron chi connectivity index (χ3n) is 2.64. The monoisotopic (exact) mass is 196 g/mol. The molecule has 0 radical (unpaired) electrons. The molecule has 0 spiro atoms. The molecule has 0 aromatic carbocycles. The van der Waals surface area contributed by atoms with Crippen molar-refractivity contribution in [2.75, 3.05) is 6.56 Å². The van der Waals surface area contributed by atoms with E-state index < -0.39 is 6.56 Å². The molecule has 0 amide bonds. The van der Waals surface area contributed by atoms with Crippen LogP contribution in [0, 0.1) is 5.92 Å². The molecular formula is C13H22O. The molecule has 1 aliphatic rings. The predicted octanol–water partition coefficient (Wildman–Crippen LogP) is 4.06. The van der Waals surface area contributed by atoms with E-state index in [2.05, 4.69) is 6.58 Å². The van der Waals surface area contributed by atoms with Gasteiger partial charge in [-0.3, -0.25) is 0 Å². The van der Waals surface area contributed by atoms with Crippen molar-refractivity contribution >= 4 is 0 Å². The van der Waals surface area contributed by atoms with E-state index in [1.54, 1.807) is 6.92 Å². The van der Waals surface area contributed by atoms with E-state index in [-0.39, 0.29) is 0 Å². The van der Waals surface area contributed by atoms with Crippen molar-refractivity contribution in [2.45, 2.75) is 46.0 Å². The number of allylic oxidation sites excluding steroid dienone is 2. The third-order valence-corrected chi connectivity index (χ3v) is 2.64. The van der Waals surface area contributed by atoms with E-state index in [9.17, 15) is 0 Å². The van der Waals surface area contributed by atoms with Gasteiger partial charge in [0.1, 0.15) is 6.56 Å². The van der Waals surface area contributed by atoms with E-state index in [1.807, 2.05) is 13.0 Å². The second-order valence-electron chi connectivity index (χ2n) is 4.01. The van der Waals surface area contributed by atoms with Crippen LogP contribution < -0.4 is 0 Å². The van der Waals surface area contributed by atoms with E-state index >= 15 is 0 Å². The molecule has 0 aromatic rings. The summed E-state index contributed by atoms with van der Waals surface area (Å²) in [5, 5.41) is 0. The Kier molecular flexibility index (Phi) is 3.61. The Hall–Kier alpha value is -0.720. The molecule has 0 saturated heterocycles. The first-order valence-electron chi connectivity index (χ1n) is 6.48. The predicted molar refractivity (Wildman–Crippen MR) is 61.1 cm³/mol. The maximum absolute atomic E-state index is 7.74. The third kappa shape index (κ3) is 3.57. The molecule has 1 rings (SSSR count). The Morgan fingerprint density at radius 3 is 2.64 bits per heavy atom. The molecule has 0 aromatic heterocycles. The average molecular weight is 196 g/mol. The highest BCUT2D eigenvalue weighted by Crippen LogP contribution is 2.30. The molecule has 1 saturated carbocycles. The minimum Gasteiger partial charge on any atom is -0.494 e. The fraction of sp³-hybridized carbons (Fsp3) is 0.692. The minimum absolute atomic E-state index is 0.396. The van der Waals surface area contributed by atoms with Crippen LogP contribution in [-0.2, 0) is 4.74 Å². The van der Waals surface area contributed by atoms with Gasteiger partial charge in [-0.15, -0.1) is 0 Å². The summed E-state index contributed by atoms with van der Waals surface area (Å²) in [5.74, 6) is 1.20. The smallest absolute Gasteiger partial charge is 0.108 e. The maximum atomic E-state index is 7.74. The minimum atomic E-state index is -1.74. The average Bonchev–Trinajstić information content (AvgIpc) is 2.27. The zero-order chi connectivity index (χ0) is 12.2. The molecule has 1 nitrogen and oxygen atoms in total. The lowest BCUT2D eigenvalue weighted by Crippen LogP contribution is -2.12. The largest absolute Gasteiger partial charge is 0.494 e. The van der Waals surface area contributed by atoms with Gasteiger partial charge in [-0.1, -0.05) is 25.8 Å². The summed E-state index contributed by atoms with van der Waals surface area (Å²) in [7, 11) is 0. The van der Waals surface area contributed by atoms with Crippen molar-refractivity contribution in [1.82, 2.24) is 0 Å². The van der Waals surface area contributed by atoms with E-state index in [1.165, 1.54) is 19.3 Å². The Morgan fingerprint density at radius 1 is 1.50 bits per heavy atom. The summed E-state index contributed by atoms with van der Waals surface area (Å²) >= 11 is 0. The van der Waals surface area contributed by atoms with Crippen molar-refractivity contribution in [2.24, 2.45) is 5.92 Å². The van der Waals surface area contributed by atoms with Crippen LogP contribution in [0.25, 0.3) is 0 Å². The normalized spacial score (nSPS) is 22.6. The quantitative estimate of drug-likeness (QED) is 0.486. The fourth-order valence-electron chi connectivity index (χ4n) is 1.91. The fourth-order valence-corrected chi connectivity index (χ4v) is 1.91. The number of rotatable bonds is 4. The zero-order valence-electron chi connectivity index (χ0n) is 11.3. The Morgan fingerprint density at radius 2 is 2.14 bits per heavy atom. The van der Waals surface area contributed by atoms with E-state index in [0.717, 1.165) is 18.6 Å². The van der Waals surface area contributed by atoms with Crippen molar-refractivity contribution < 1.29 is 7.48 Å². The van der Waals surface area contributed by atoms with Crippen LogP contribution in [0.5, 0.6) is 0 Å². The second kappa shape index (κ2) is 5.90. The van der Waals surface area contributed by atoms with Crippen LogP contribution in [0.4, 0.5) is 0 Å². The molecule has 1 heteroatoms. The molecule has 80 valence electrons. The van der Waals surface area contributed by atoms with Gasteiger partial charge in [0.2, 0.25) is 0 Å². The lowest BCUT2D eigenvalue weighted by atomic mass is 9.87. The van der Waals surface area contributed by atoms with Gasteiger partial charge in [0.25, 0.3) is 0 Å². The van der Waals surface area contributed by atoms with E-state index in [0.29, 0.717) is 11.5 Å². The van der Waals surface area contributed by atoms with Crippen molar-refractivity contribution in [3.8, 4) is 0 Å². The van der Waals surface area contributed by atoms with Crippen LogP contribution in [0.1, 0.15) is 48.7 Å². The van der Waals surface area contributed by atoms with Gasteiger partial charge in [0, 0.05) is 5.92 Å². The lowest BCUT2D eigenvalue weighted by molar-refractivity contribution is 0.179. The standard InChI is InChI=1S/C13H22O/c1-4-13(14-10-11(2)3)12-8-6-5-7-9-12/h4,12H,2,5-10H2,1,3H3/b13-4-/i10D2. The molecule has 0 heterocycles. The first-order chi connectivity index (χ1) is 7.47. The molecule has 1 fully saturated rings. The van der Waals surface area contributed by atoms with Gasteiger partial charge in [-0.25, -0.2) is 0 Å². The van der Waals surface area contributed by atoms with Crippen LogP contribution >= 0.6 is 0 Å². The molecule has 0 N–H and O–H groups in total. The lowest BCUT2D eigenvalue weighted by Gasteiger charge is -2.24. The first-order valence-corrected chi connectivity index (χ1v) is 5.48. The van der Waals surface area contributed by atoms with Crippen molar-refractivity contribution in [3.63, 3.8) is 0 Å². The molecule has 0 atom stereocenters. The van der Waals surface area contributed by atoms with Crippen LogP contribution in [0.3, 0.4) is 0 Å². The highest BCUT2D eigenvalue weighted by atomic mass is 16.5. The zero-order valence-corrected chi connectivity index (χ0v) is 9.31. The summed E-state index contributed by atoms with van der Waals surface area (Å²) in [6, 6.07) is 0. The number of ether oxygens (including phenoxy) is 1. The van der Waals surface area contributed by atoms with Crippen LogP contribution in [-0.4, -0.2) is 6.56 Å². The van der Waals surface area contributed by atoms with Gasteiger partial charge in [-0.2, -0.15) is 0 Å². The topological polar surface area (TPSA) is 9.23 Å². The van der Waals surface area contributed by atoms with Gasteiger partial charge >= 0.3 is 0 Å². The summed E-state index contributed by atoms with van der Waals surface area (Å²) < 4.78 is 21.0.